The van der Waals surface area contributed by atoms with Crippen molar-refractivity contribution in [1.29, 1.82) is 0 Å². The van der Waals surface area contributed by atoms with Crippen LogP contribution in [-0.4, -0.2) is 42.4 Å². The Bertz CT molecular complexity index is 1110. The monoisotopic (exact) mass is 496 g/mol. The van der Waals surface area contributed by atoms with E-state index in [1.165, 1.54) is 16.8 Å². The lowest BCUT2D eigenvalue weighted by atomic mass is 10.0. The van der Waals surface area contributed by atoms with E-state index in [-0.39, 0.29) is 11.7 Å². The third-order valence-corrected chi connectivity index (χ3v) is 7.12. The summed E-state index contributed by atoms with van der Waals surface area (Å²) in [6, 6.07) is 8.20. The number of ketones is 1. The summed E-state index contributed by atoms with van der Waals surface area (Å²) < 4.78 is 0. The summed E-state index contributed by atoms with van der Waals surface area (Å²) in [6.45, 7) is 1.65. The number of hydrogen-bond donors (Lipinski definition) is 2. The lowest BCUT2D eigenvalue weighted by Gasteiger charge is -2.10. The summed E-state index contributed by atoms with van der Waals surface area (Å²) in [6.07, 6.45) is 0. The molecule has 1 unspecified atom stereocenters. The minimum atomic E-state index is -0.465. The fraction of sp³-hybridized carbons (Fsp3) is 0.200. The molecule has 2 amide bonds. The Balaban J connectivity index is 1.65. The largest absolute Gasteiger partial charge is 0.292 e. The molecule has 7 nitrogen and oxygen atoms in total. The van der Waals surface area contributed by atoms with E-state index in [2.05, 4.69) is 16.0 Å². The lowest BCUT2D eigenvalue weighted by molar-refractivity contribution is -0.114. The lowest BCUT2D eigenvalue weighted by Crippen LogP contribution is -2.35. The molecule has 1 aliphatic heterocycles. The van der Waals surface area contributed by atoms with Crippen LogP contribution in [0.4, 0.5) is 0 Å². The summed E-state index contributed by atoms with van der Waals surface area (Å²) >= 11 is 14.4. The molecule has 2 N–H and O–H groups in total. The van der Waals surface area contributed by atoms with Crippen molar-refractivity contribution in [3.63, 3.8) is 0 Å². The van der Waals surface area contributed by atoms with Gasteiger partial charge in [-0.1, -0.05) is 29.3 Å². The molecular weight excluding hydrogens is 479 g/mol. The molecule has 31 heavy (non-hydrogen) atoms. The molecule has 0 aliphatic carbocycles. The molecule has 1 atom stereocenters. The number of hydrazone groups is 1. The second-order valence-electron chi connectivity index (χ2n) is 6.72. The molecule has 162 valence electrons. The van der Waals surface area contributed by atoms with Crippen LogP contribution in [0.15, 0.2) is 46.4 Å². The van der Waals surface area contributed by atoms with E-state index >= 15 is 0 Å². The maximum Gasteiger partial charge on any atom is 0.281 e. The molecule has 0 spiro atoms. The average Bonchev–Trinajstić information content (AvgIpc) is 3.35. The van der Waals surface area contributed by atoms with E-state index in [1.54, 1.807) is 56.8 Å². The minimum absolute atomic E-state index is 0.127. The summed E-state index contributed by atoms with van der Waals surface area (Å²) in [5.41, 5.74) is 6.59. The van der Waals surface area contributed by atoms with Gasteiger partial charge in [0.1, 0.15) is 0 Å². The van der Waals surface area contributed by atoms with Gasteiger partial charge in [-0.3, -0.25) is 19.8 Å². The predicted molar refractivity (Wildman–Crippen MR) is 126 cm³/mol. The summed E-state index contributed by atoms with van der Waals surface area (Å²) in [4.78, 5) is 37.9. The molecular formula is C20H18Cl2N4O3S2. The van der Waals surface area contributed by atoms with Gasteiger partial charge in [-0.2, -0.15) is 5.10 Å². The number of benzene rings is 1. The molecule has 11 heteroatoms. The molecule has 0 saturated heterocycles. The van der Waals surface area contributed by atoms with Gasteiger partial charge >= 0.3 is 0 Å². The van der Waals surface area contributed by atoms with Crippen LogP contribution in [0, 0.1) is 0 Å². The number of nitrogens with one attached hydrogen (secondary N) is 2. The molecule has 2 aromatic rings. The third-order valence-electron chi connectivity index (χ3n) is 4.17. The Morgan fingerprint density at radius 3 is 2.39 bits per heavy atom. The first kappa shape index (κ1) is 23.5. The van der Waals surface area contributed by atoms with Gasteiger partial charge < -0.3 is 0 Å². The number of allylic oxidation sites excluding steroid dienone is 1. The Morgan fingerprint density at radius 2 is 1.74 bits per heavy atom. The van der Waals surface area contributed by atoms with Crippen LogP contribution in [0.5, 0.6) is 0 Å². The van der Waals surface area contributed by atoms with Gasteiger partial charge in [0.05, 0.1) is 30.8 Å². The zero-order chi connectivity index (χ0) is 22.7. The quantitative estimate of drug-likeness (QED) is 0.459. The third kappa shape index (κ3) is 5.55. The minimum Gasteiger partial charge on any atom is -0.292 e. The van der Waals surface area contributed by atoms with E-state index in [9.17, 15) is 14.4 Å². The molecule has 1 aliphatic rings. The zero-order valence-electron chi connectivity index (χ0n) is 16.7. The first-order valence-corrected chi connectivity index (χ1v) is 11.5. The number of carbonyl (C=O) groups is 3. The van der Waals surface area contributed by atoms with Gasteiger partial charge in [-0.05, 0) is 42.2 Å². The maximum atomic E-state index is 12.8. The van der Waals surface area contributed by atoms with Crippen LogP contribution >= 0.6 is 46.3 Å². The normalized spacial score (nSPS) is 16.5. The van der Waals surface area contributed by atoms with Crippen molar-refractivity contribution in [1.82, 2.24) is 15.9 Å². The summed E-state index contributed by atoms with van der Waals surface area (Å²) in [5, 5.41) is 7.66. The Hall–Kier alpha value is -2.17. The smallest absolute Gasteiger partial charge is 0.281 e. The highest BCUT2D eigenvalue weighted by Crippen LogP contribution is 2.41. The number of amides is 2. The van der Waals surface area contributed by atoms with Crippen LogP contribution in [0.2, 0.25) is 10.0 Å². The van der Waals surface area contributed by atoms with Crippen molar-refractivity contribution in [2.45, 2.75) is 12.2 Å². The standard InChI is InChI=1S/C20H18Cl2N4O3S2/c1-10(12-9-30-18(17(12)27)11-4-5-13(21)14(22)8-11)23-24-19(28)15-6-7-16(31-15)20(29)25-26(2)3/h4-9,18H,1-3H3,(H,24,28)(H,25,29)/b23-10+. The Labute approximate surface area is 197 Å². The van der Waals surface area contributed by atoms with Crippen LogP contribution in [0.25, 0.3) is 0 Å². The Morgan fingerprint density at radius 1 is 1.06 bits per heavy atom. The SMILES string of the molecule is C/C(=N\NC(=O)c1ccc(C(=O)NN(C)C)s1)C1=CSC(c2ccc(Cl)c(Cl)c2)C1=O. The maximum absolute atomic E-state index is 12.8. The van der Waals surface area contributed by atoms with Crippen LogP contribution < -0.4 is 10.9 Å². The topological polar surface area (TPSA) is 90.9 Å². The van der Waals surface area contributed by atoms with Gasteiger partial charge in [0, 0.05) is 19.7 Å². The number of hydrazine groups is 1. The van der Waals surface area contributed by atoms with Crippen molar-refractivity contribution in [2.75, 3.05) is 14.1 Å². The number of thioether (sulfide) groups is 1. The van der Waals surface area contributed by atoms with Gasteiger partial charge in [0.2, 0.25) is 0 Å². The van der Waals surface area contributed by atoms with E-state index < -0.39 is 11.2 Å². The number of carbonyl (C=O) groups excluding carboxylic acids is 3. The van der Waals surface area contributed by atoms with E-state index in [1.807, 2.05) is 0 Å². The zero-order valence-corrected chi connectivity index (χ0v) is 19.9. The first-order chi connectivity index (χ1) is 14.7. The molecule has 0 saturated carbocycles. The van der Waals surface area contributed by atoms with Crippen LogP contribution in [-0.2, 0) is 4.79 Å². The van der Waals surface area contributed by atoms with Gasteiger partial charge in [0.15, 0.2) is 5.78 Å². The average molecular weight is 497 g/mol. The Kier molecular flexibility index (Phi) is 7.55. The highest BCUT2D eigenvalue weighted by molar-refractivity contribution is 8.03. The molecule has 0 bridgehead atoms. The predicted octanol–water partition coefficient (Wildman–Crippen LogP) is 4.31. The number of Topliss-reactive ketones (excluding diaryl/α,β-unsaturated/α-hetero) is 1. The van der Waals surface area contributed by atoms with Crippen LogP contribution in [0.3, 0.4) is 0 Å². The number of rotatable bonds is 6. The number of nitrogens with zero attached hydrogens (tertiary/aromatic N) is 2. The van der Waals surface area contributed by atoms with Gasteiger partial charge in [-0.15, -0.1) is 23.1 Å². The van der Waals surface area contributed by atoms with Crippen molar-refractivity contribution in [2.24, 2.45) is 5.10 Å². The number of thiophene rings is 1. The molecule has 0 fully saturated rings. The molecule has 1 aromatic heterocycles. The second kappa shape index (κ2) is 9.97. The second-order valence-corrected chi connectivity index (χ2v) is 9.60. The van der Waals surface area contributed by atoms with Crippen molar-refractivity contribution >= 4 is 69.6 Å². The van der Waals surface area contributed by atoms with E-state index in [0.29, 0.717) is 31.1 Å². The fourth-order valence-corrected chi connectivity index (χ4v) is 4.86. The van der Waals surface area contributed by atoms with Crippen molar-refractivity contribution in [3.8, 4) is 0 Å². The molecule has 1 aromatic carbocycles. The summed E-state index contributed by atoms with van der Waals surface area (Å²) in [5.74, 6) is -0.897. The number of halogens is 2. The van der Waals surface area contributed by atoms with Crippen LogP contribution in [0.1, 0.15) is 37.1 Å². The van der Waals surface area contributed by atoms with Gasteiger partial charge in [-0.25, -0.2) is 10.4 Å². The number of hydrogen-bond acceptors (Lipinski definition) is 7. The molecule has 0 radical (unpaired) electrons. The van der Waals surface area contributed by atoms with Gasteiger partial charge in [0.25, 0.3) is 11.8 Å². The van der Waals surface area contributed by atoms with Crippen molar-refractivity contribution < 1.29 is 14.4 Å². The summed E-state index contributed by atoms with van der Waals surface area (Å²) in [7, 11) is 3.39. The molecule has 2 heterocycles. The molecule has 3 rings (SSSR count). The highest BCUT2D eigenvalue weighted by Gasteiger charge is 2.31. The van der Waals surface area contributed by atoms with Crippen molar-refractivity contribution in [3.05, 3.63) is 66.7 Å². The van der Waals surface area contributed by atoms with E-state index in [4.69, 9.17) is 23.2 Å². The fourth-order valence-electron chi connectivity index (χ4n) is 2.66. The van der Waals surface area contributed by atoms with E-state index in [0.717, 1.165) is 16.9 Å². The first-order valence-electron chi connectivity index (χ1n) is 8.95. The highest BCUT2D eigenvalue weighted by atomic mass is 35.5.